The van der Waals surface area contributed by atoms with Crippen LogP contribution in [0.3, 0.4) is 0 Å². The van der Waals surface area contributed by atoms with E-state index in [1.54, 1.807) is 13.0 Å². The number of aromatic nitrogens is 1. The number of hydrogen-bond acceptors (Lipinski definition) is 4. The molecule has 1 aromatic rings. The van der Waals surface area contributed by atoms with E-state index in [4.69, 9.17) is 5.11 Å². The summed E-state index contributed by atoms with van der Waals surface area (Å²) in [5.74, 6) is -1.75. The summed E-state index contributed by atoms with van der Waals surface area (Å²) in [6, 6.07) is 3.10. The number of pyridine rings is 1. The molecule has 1 aromatic heterocycles. The third kappa shape index (κ3) is 2.67. The van der Waals surface area contributed by atoms with Crippen LogP contribution in [0, 0.1) is 5.92 Å². The third-order valence-electron chi connectivity index (χ3n) is 2.79. The number of anilines is 1. The minimum atomic E-state index is -1.07. The van der Waals surface area contributed by atoms with E-state index in [1.807, 2.05) is 0 Å². The van der Waals surface area contributed by atoms with Gasteiger partial charge in [0.1, 0.15) is 5.82 Å². The van der Waals surface area contributed by atoms with E-state index in [9.17, 15) is 14.4 Å². The van der Waals surface area contributed by atoms with Crippen molar-refractivity contribution in [3.05, 3.63) is 30.0 Å². The molecule has 1 aliphatic rings. The Morgan fingerprint density at radius 3 is 2.84 bits per heavy atom. The van der Waals surface area contributed by atoms with E-state index in [1.165, 1.54) is 18.3 Å². The molecule has 19 heavy (non-hydrogen) atoms. The van der Waals surface area contributed by atoms with Gasteiger partial charge in [-0.1, -0.05) is 6.92 Å². The minimum Gasteiger partial charge on any atom is -0.478 e. The number of carboxylic acid groups (broad SMARTS) is 1. The number of amides is 2. The first kappa shape index (κ1) is 12.9. The zero-order valence-electron chi connectivity index (χ0n) is 10.2. The van der Waals surface area contributed by atoms with Crippen LogP contribution in [-0.2, 0) is 14.4 Å². The maximum absolute atomic E-state index is 11.8. The highest BCUT2D eigenvalue weighted by Crippen LogP contribution is 2.25. The predicted molar refractivity (Wildman–Crippen MR) is 67.2 cm³/mol. The van der Waals surface area contributed by atoms with Crippen molar-refractivity contribution in [2.45, 2.75) is 13.3 Å². The van der Waals surface area contributed by atoms with Crippen molar-refractivity contribution < 1.29 is 19.5 Å². The molecular weight excluding hydrogens is 248 g/mol. The summed E-state index contributed by atoms with van der Waals surface area (Å²) >= 11 is 0. The van der Waals surface area contributed by atoms with Gasteiger partial charge in [-0.2, -0.15) is 0 Å². The van der Waals surface area contributed by atoms with Gasteiger partial charge in [-0.25, -0.2) is 14.7 Å². The summed E-state index contributed by atoms with van der Waals surface area (Å²) in [7, 11) is 0. The fourth-order valence-corrected chi connectivity index (χ4v) is 1.85. The molecule has 2 amide bonds. The molecule has 1 saturated heterocycles. The van der Waals surface area contributed by atoms with Gasteiger partial charge in [0.2, 0.25) is 11.8 Å². The normalized spacial score (nSPS) is 19.4. The Bertz CT molecular complexity index is 580. The van der Waals surface area contributed by atoms with Crippen molar-refractivity contribution >= 4 is 29.7 Å². The molecule has 0 aliphatic carbocycles. The average Bonchev–Trinajstić information content (AvgIpc) is 2.61. The maximum atomic E-state index is 11.8. The largest absolute Gasteiger partial charge is 0.478 e. The van der Waals surface area contributed by atoms with E-state index in [-0.39, 0.29) is 30.0 Å². The lowest BCUT2D eigenvalue weighted by atomic mass is 10.1. The number of hydrogen-bond donors (Lipinski definition) is 1. The highest BCUT2D eigenvalue weighted by atomic mass is 16.4. The Labute approximate surface area is 109 Å². The fourth-order valence-electron chi connectivity index (χ4n) is 1.85. The summed E-state index contributed by atoms with van der Waals surface area (Å²) in [5, 5.41) is 8.55. The van der Waals surface area contributed by atoms with Crippen molar-refractivity contribution in [2.24, 2.45) is 5.92 Å². The van der Waals surface area contributed by atoms with E-state index in [0.29, 0.717) is 5.56 Å². The van der Waals surface area contributed by atoms with E-state index in [0.717, 1.165) is 11.0 Å². The molecule has 2 rings (SSSR count). The second kappa shape index (κ2) is 5.01. The Morgan fingerprint density at radius 1 is 1.53 bits per heavy atom. The van der Waals surface area contributed by atoms with Crippen molar-refractivity contribution in [3.63, 3.8) is 0 Å². The molecule has 1 N–H and O–H groups in total. The summed E-state index contributed by atoms with van der Waals surface area (Å²) in [6.07, 6.45) is 3.97. The number of carbonyl (C=O) groups excluding carboxylic acids is 2. The molecule has 1 atom stereocenters. The Morgan fingerprint density at radius 2 is 2.26 bits per heavy atom. The molecule has 1 aliphatic heterocycles. The topological polar surface area (TPSA) is 87.6 Å². The molecule has 6 nitrogen and oxygen atoms in total. The van der Waals surface area contributed by atoms with Gasteiger partial charge in [-0.3, -0.25) is 9.59 Å². The van der Waals surface area contributed by atoms with Gasteiger partial charge in [-0.15, -0.1) is 0 Å². The Hall–Kier alpha value is -2.50. The van der Waals surface area contributed by atoms with Gasteiger partial charge in [0.25, 0.3) is 0 Å². The molecule has 6 heteroatoms. The molecule has 0 saturated carbocycles. The molecule has 0 spiro atoms. The summed E-state index contributed by atoms with van der Waals surface area (Å²) < 4.78 is 0. The zero-order valence-corrected chi connectivity index (χ0v) is 10.2. The smallest absolute Gasteiger partial charge is 0.328 e. The minimum absolute atomic E-state index is 0.176. The Balaban J connectivity index is 2.31. The number of carboxylic acids is 1. The van der Waals surface area contributed by atoms with Gasteiger partial charge < -0.3 is 5.11 Å². The standard InChI is InChI=1S/C13H12N2O4/c1-8-6-11(16)15(13(8)19)10-7-9(4-5-14-10)2-3-12(17)18/h2-5,7-8H,6H2,1H3,(H,17,18)/b3-2+. The molecule has 98 valence electrons. The van der Waals surface area contributed by atoms with Crippen molar-refractivity contribution in [3.8, 4) is 0 Å². The number of imide groups is 1. The van der Waals surface area contributed by atoms with Crippen LogP contribution in [0.2, 0.25) is 0 Å². The van der Waals surface area contributed by atoms with Crippen LogP contribution in [0.25, 0.3) is 6.08 Å². The maximum Gasteiger partial charge on any atom is 0.328 e. The number of rotatable bonds is 3. The van der Waals surface area contributed by atoms with Crippen molar-refractivity contribution in [1.82, 2.24) is 4.98 Å². The fraction of sp³-hybridized carbons (Fsp3) is 0.231. The van der Waals surface area contributed by atoms with Crippen LogP contribution < -0.4 is 4.90 Å². The van der Waals surface area contributed by atoms with Gasteiger partial charge in [0.15, 0.2) is 0 Å². The second-order valence-corrected chi connectivity index (χ2v) is 4.29. The molecule has 0 radical (unpaired) electrons. The van der Waals surface area contributed by atoms with Crippen LogP contribution in [0.1, 0.15) is 18.9 Å². The van der Waals surface area contributed by atoms with Crippen LogP contribution in [-0.4, -0.2) is 27.9 Å². The van der Waals surface area contributed by atoms with E-state index in [2.05, 4.69) is 4.98 Å². The first-order valence-electron chi connectivity index (χ1n) is 5.73. The number of nitrogens with zero attached hydrogens (tertiary/aromatic N) is 2. The second-order valence-electron chi connectivity index (χ2n) is 4.29. The molecule has 2 heterocycles. The lowest BCUT2D eigenvalue weighted by molar-refractivity contribution is -0.131. The molecule has 1 unspecified atom stereocenters. The Kier molecular flexibility index (Phi) is 3.41. The van der Waals surface area contributed by atoms with E-state index < -0.39 is 5.97 Å². The number of aliphatic carboxylic acids is 1. The van der Waals surface area contributed by atoms with Crippen LogP contribution in [0.15, 0.2) is 24.4 Å². The molecular formula is C13H12N2O4. The van der Waals surface area contributed by atoms with Crippen molar-refractivity contribution in [1.29, 1.82) is 0 Å². The third-order valence-corrected chi connectivity index (χ3v) is 2.79. The highest BCUT2D eigenvalue weighted by molar-refractivity contribution is 6.20. The van der Waals surface area contributed by atoms with Gasteiger partial charge >= 0.3 is 5.97 Å². The zero-order chi connectivity index (χ0) is 14.0. The summed E-state index contributed by atoms with van der Waals surface area (Å²) in [5.41, 5.74) is 0.563. The summed E-state index contributed by atoms with van der Waals surface area (Å²) in [6.45, 7) is 1.69. The quantitative estimate of drug-likeness (QED) is 0.649. The lowest BCUT2D eigenvalue weighted by Gasteiger charge is -2.13. The SMILES string of the molecule is CC1CC(=O)N(c2cc(/C=C/C(=O)O)ccn2)C1=O. The van der Waals surface area contributed by atoms with Crippen LogP contribution >= 0.6 is 0 Å². The van der Waals surface area contributed by atoms with Crippen molar-refractivity contribution in [2.75, 3.05) is 4.90 Å². The monoisotopic (exact) mass is 260 g/mol. The van der Waals surface area contributed by atoms with Crippen LogP contribution in [0.4, 0.5) is 5.82 Å². The van der Waals surface area contributed by atoms with Gasteiger partial charge in [0, 0.05) is 24.6 Å². The average molecular weight is 260 g/mol. The highest BCUT2D eigenvalue weighted by Gasteiger charge is 2.37. The van der Waals surface area contributed by atoms with Gasteiger partial charge in [-0.05, 0) is 23.8 Å². The predicted octanol–water partition coefficient (Wildman–Crippen LogP) is 1.08. The van der Waals surface area contributed by atoms with E-state index >= 15 is 0 Å². The molecule has 0 bridgehead atoms. The number of carbonyl (C=O) groups is 3. The van der Waals surface area contributed by atoms with Gasteiger partial charge in [0.05, 0.1) is 0 Å². The summed E-state index contributed by atoms with van der Waals surface area (Å²) in [4.78, 5) is 39.0. The first-order chi connectivity index (χ1) is 8.99. The molecule has 1 fully saturated rings. The van der Waals surface area contributed by atoms with Crippen LogP contribution in [0.5, 0.6) is 0 Å². The lowest BCUT2D eigenvalue weighted by Crippen LogP contribution is -2.30. The molecule has 0 aromatic carbocycles. The first-order valence-corrected chi connectivity index (χ1v) is 5.73.